The molecule has 0 amide bonds. The van der Waals surface area contributed by atoms with Crippen LogP contribution in [0.2, 0.25) is 0 Å². The van der Waals surface area contributed by atoms with Gasteiger partial charge in [0.05, 0.1) is 12.2 Å². The zero-order chi connectivity index (χ0) is 16.4. The number of esters is 1. The number of carbonyl (C=O) groups excluding carboxylic acids is 1. The number of carbonyl (C=O) groups is 1. The van der Waals surface area contributed by atoms with Crippen molar-refractivity contribution < 1.29 is 14.6 Å². The third-order valence-electron chi connectivity index (χ3n) is 3.88. The Morgan fingerprint density at radius 3 is 2.70 bits per heavy atom. The van der Waals surface area contributed by atoms with Crippen LogP contribution in [0.3, 0.4) is 0 Å². The van der Waals surface area contributed by atoms with Gasteiger partial charge in [0.25, 0.3) is 0 Å². The lowest BCUT2D eigenvalue weighted by Gasteiger charge is -2.08. The van der Waals surface area contributed by atoms with E-state index in [1.807, 2.05) is 25.1 Å². The van der Waals surface area contributed by atoms with Crippen LogP contribution in [0.4, 0.5) is 0 Å². The number of aromatic hydroxyl groups is 1. The van der Waals surface area contributed by atoms with Crippen molar-refractivity contribution in [1.29, 1.82) is 0 Å². The van der Waals surface area contributed by atoms with Gasteiger partial charge in [-0.05, 0) is 49.7 Å². The SMILES string of the molecule is CCOC(=O)c1c(C)n(Cc2ccncc2)c2ccc(O)cc12. The van der Waals surface area contributed by atoms with Crippen LogP contribution < -0.4 is 0 Å². The lowest BCUT2D eigenvalue weighted by molar-refractivity contribution is 0.0527. The molecule has 2 aromatic heterocycles. The molecule has 3 rings (SSSR count). The molecule has 1 N–H and O–H groups in total. The lowest BCUT2D eigenvalue weighted by atomic mass is 10.1. The highest BCUT2D eigenvalue weighted by Gasteiger charge is 2.21. The fraction of sp³-hybridized carbons (Fsp3) is 0.222. The van der Waals surface area contributed by atoms with Crippen LogP contribution >= 0.6 is 0 Å². The topological polar surface area (TPSA) is 64.4 Å². The second-order valence-electron chi connectivity index (χ2n) is 5.32. The monoisotopic (exact) mass is 310 g/mol. The maximum absolute atomic E-state index is 12.3. The van der Waals surface area contributed by atoms with Crippen molar-refractivity contribution in [1.82, 2.24) is 9.55 Å². The van der Waals surface area contributed by atoms with E-state index in [1.54, 1.807) is 31.5 Å². The molecule has 0 fully saturated rings. The van der Waals surface area contributed by atoms with Crippen molar-refractivity contribution in [3.05, 3.63) is 59.5 Å². The minimum absolute atomic E-state index is 0.129. The molecule has 0 aliphatic carbocycles. The minimum atomic E-state index is -0.367. The number of phenols is 1. The van der Waals surface area contributed by atoms with E-state index in [-0.39, 0.29) is 11.7 Å². The van der Waals surface area contributed by atoms with E-state index in [0.29, 0.717) is 24.1 Å². The van der Waals surface area contributed by atoms with Gasteiger partial charge in [0.2, 0.25) is 0 Å². The van der Waals surface area contributed by atoms with Gasteiger partial charge in [0.15, 0.2) is 0 Å². The molecule has 118 valence electrons. The lowest BCUT2D eigenvalue weighted by Crippen LogP contribution is -2.08. The van der Waals surface area contributed by atoms with Crippen LogP contribution in [-0.4, -0.2) is 27.2 Å². The summed E-state index contributed by atoms with van der Waals surface area (Å²) in [7, 11) is 0. The first-order chi connectivity index (χ1) is 11.1. The highest BCUT2D eigenvalue weighted by Crippen LogP contribution is 2.30. The number of fused-ring (bicyclic) bond motifs is 1. The van der Waals surface area contributed by atoms with Crippen molar-refractivity contribution in [3.8, 4) is 5.75 Å². The Hall–Kier alpha value is -2.82. The Labute approximate surface area is 134 Å². The second kappa shape index (κ2) is 6.12. The summed E-state index contributed by atoms with van der Waals surface area (Å²) in [6, 6.07) is 8.93. The molecule has 1 aromatic carbocycles. The van der Waals surface area contributed by atoms with Gasteiger partial charge in [0.1, 0.15) is 5.75 Å². The number of hydrogen-bond donors (Lipinski definition) is 1. The maximum Gasteiger partial charge on any atom is 0.340 e. The van der Waals surface area contributed by atoms with Gasteiger partial charge >= 0.3 is 5.97 Å². The first-order valence-electron chi connectivity index (χ1n) is 7.49. The van der Waals surface area contributed by atoms with E-state index < -0.39 is 0 Å². The van der Waals surface area contributed by atoms with Gasteiger partial charge in [-0.25, -0.2) is 4.79 Å². The molecular formula is C18H18N2O3. The number of benzene rings is 1. The summed E-state index contributed by atoms with van der Waals surface area (Å²) in [5.74, 6) is -0.238. The molecule has 0 saturated carbocycles. The average Bonchev–Trinajstić information content (AvgIpc) is 2.80. The standard InChI is InChI=1S/C18H18N2O3/c1-3-23-18(22)17-12(2)20(11-13-6-8-19-9-7-13)16-5-4-14(21)10-15(16)17/h4-10,21H,3,11H2,1-2H3. The molecule has 5 nitrogen and oxygen atoms in total. The van der Waals surface area contributed by atoms with Crippen molar-refractivity contribution in [2.24, 2.45) is 0 Å². The molecule has 0 radical (unpaired) electrons. The van der Waals surface area contributed by atoms with E-state index >= 15 is 0 Å². The third-order valence-corrected chi connectivity index (χ3v) is 3.88. The molecule has 2 heterocycles. The minimum Gasteiger partial charge on any atom is -0.508 e. The van der Waals surface area contributed by atoms with Crippen LogP contribution in [0.15, 0.2) is 42.7 Å². The summed E-state index contributed by atoms with van der Waals surface area (Å²) in [6.45, 7) is 4.61. The largest absolute Gasteiger partial charge is 0.508 e. The fourth-order valence-electron chi connectivity index (χ4n) is 2.81. The normalized spacial score (nSPS) is 10.9. The van der Waals surface area contributed by atoms with Gasteiger partial charge in [0, 0.05) is 35.5 Å². The van der Waals surface area contributed by atoms with Crippen molar-refractivity contribution in [2.75, 3.05) is 6.61 Å². The Kier molecular flexibility index (Phi) is 4.02. The zero-order valence-electron chi connectivity index (χ0n) is 13.1. The summed E-state index contributed by atoms with van der Waals surface area (Å²) >= 11 is 0. The van der Waals surface area contributed by atoms with E-state index in [4.69, 9.17) is 4.74 Å². The van der Waals surface area contributed by atoms with Crippen LogP contribution in [0.5, 0.6) is 5.75 Å². The molecule has 0 saturated heterocycles. The van der Waals surface area contributed by atoms with Gasteiger partial charge < -0.3 is 14.4 Å². The molecule has 5 heteroatoms. The Bertz CT molecular complexity index is 854. The second-order valence-corrected chi connectivity index (χ2v) is 5.32. The number of phenolic OH excluding ortho intramolecular Hbond substituents is 1. The van der Waals surface area contributed by atoms with Crippen molar-refractivity contribution >= 4 is 16.9 Å². The van der Waals surface area contributed by atoms with E-state index in [2.05, 4.69) is 9.55 Å². The van der Waals surface area contributed by atoms with Crippen molar-refractivity contribution in [3.63, 3.8) is 0 Å². The number of ether oxygens (including phenoxy) is 1. The van der Waals surface area contributed by atoms with Crippen LogP contribution in [-0.2, 0) is 11.3 Å². The number of aromatic nitrogens is 2. The molecule has 3 aromatic rings. The van der Waals surface area contributed by atoms with Gasteiger partial charge in [-0.1, -0.05) is 0 Å². The highest BCUT2D eigenvalue weighted by molar-refractivity contribution is 6.06. The maximum atomic E-state index is 12.3. The van der Waals surface area contributed by atoms with Crippen LogP contribution in [0, 0.1) is 6.92 Å². The first-order valence-corrected chi connectivity index (χ1v) is 7.49. The number of nitrogens with zero attached hydrogens (tertiary/aromatic N) is 2. The number of pyridine rings is 1. The molecule has 23 heavy (non-hydrogen) atoms. The molecule has 0 aliphatic heterocycles. The molecule has 0 unspecified atom stereocenters. The third kappa shape index (κ3) is 2.77. The summed E-state index contributed by atoms with van der Waals surface area (Å²) < 4.78 is 7.23. The van der Waals surface area contributed by atoms with Crippen LogP contribution in [0.1, 0.15) is 28.5 Å². The van der Waals surface area contributed by atoms with Crippen molar-refractivity contribution in [2.45, 2.75) is 20.4 Å². The number of rotatable bonds is 4. The quantitative estimate of drug-likeness (QED) is 0.751. The summed E-state index contributed by atoms with van der Waals surface area (Å²) in [6.07, 6.45) is 3.49. The molecule has 0 bridgehead atoms. The number of hydrogen-bond acceptors (Lipinski definition) is 4. The van der Waals surface area contributed by atoms with E-state index in [0.717, 1.165) is 16.8 Å². The zero-order valence-corrected chi connectivity index (χ0v) is 13.1. The molecular weight excluding hydrogens is 292 g/mol. The van der Waals surface area contributed by atoms with E-state index in [9.17, 15) is 9.90 Å². The Morgan fingerprint density at radius 2 is 2.00 bits per heavy atom. The highest BCUT2D eigenvalue weighted by atomic mass is 16.5. The van der Waals surface area contributed by atoms with Gasteiger partial charge in [-0.15, -0.1) is 0 Å². The smallest absolute Gasteiger partial charge is 0.340 e. The van der Waals surface area contributed by atoms with Gasteiger partial charge in [-0.3, -0.25) is 4.98 Å². The summed E-state index contributed by atoms with van der Waals surface area (Å²) in [5.41, 5.74) is 3.30. The first kappa shape index (κ1) is 15.1. The Morgan fingerprint density at radius 1 is 1.26 bits per heavy atom. The summed E-state index contributed by atoms with van der Waals surface area (Å²) in [4.78, 5) is 16.4. The Balaban J connectivity index is 2.18. The molecule has 0 spiro atoms. The fourth-order valence-corrected chi connectivity index (χ4v) is 2.81. The van der Waals surface area contributed by atoms with E-state index in [1.165, 1.54) is 0 Å². The predicted octanol–water partition coefficient (Wildman–Crippen LogP) is 3.28. The summed E-state index contributed by atoms with van der Waals surface area (Å²) in [5, 5.41) is 10.5. The molecule has 0 atom stereocenters. The average molecular weight is 310 g/mol. The molecule has 0 aliphatic rings. The predicted molar refractivity (Wildman–Crippen MR) is 87.6 cm³/mol. The van der Waals surface area contributed by atoms with Crippen LogP contribution in [0.25, 0.3) is 10.9 Å². The van der Waals surface area contributed by atoms with Gasteiger partial charge in [-0.2, -0.15) is 0 Å².